The Morgan fingerprint density at radius 1 is 1.16 bits per heavy atom. The minimum Gasteiger partial charge on any atom is -0.483 e. The van der Waals surface area contributed by atoms with Crippen molar-refractivity contribution in [1.29, 1.82) is 0 Å². The number of rotatable bonds is 5. The van der Waals surface area contributed by atoms with Crippen LogP contribution in [-0.2, 0) is 0 Å². The maximum atomic E-state index is 14.5. The number of carbonyl (C=O) groups is 2. The summed E-state index contributed by atoms with van der Waals surface area (Å²) in [7, 11) is 0. The maximum Gasteiger partial charge on any atom is 0.341 e. The molecule has 0 radical (unpaired) electrons. The first-order valence-electron chi connectivity index (χ1n) is 11.3. The van der Waals surface area contributed by atoms with Gasteiger partial charge in [0.05, 0.1) is 36.7 Å². The lowest BCUT2D eigenvalue weighted by Gasteiger charge is -2.41. The van der Waals surface area contributed by atoms with Crippen molar-refractivity contribution >= 4 is 29.8 Å². The lowest BCUT2D eigenvalue weighted by atomic mass is 10.0. The lowest BCUT2D eigenvalue weighted by molar-refractivity contribution is 0.0256. The Bertz CT molecular complexity index is 1420. The van der Waals surface area contributed by atoms with Crippen molar-refractivity contribution in [1.82, 2.24) is 24.7 Å². The lowest BCUT2D eigenvalue weighted by Crippen LogP contribution is -2.58. The molecule has 2 aromatic heterocycles. The molecule has 10 nitrogen and oxygen atoms in total. The summed E-state index contributed by atoms with van der Waals surface area (Å²) < 4.78 is 35.4. The summed E-state index contributed by atoms with van der Waals surface area (Å²) in [6.07, 6.45) is 2.48. The number of carboxylic acid groups (broad SMARTS) is 1. The van der Waals surface area contributed by atoms with Gasteiger partial charge in [-0.2, -0.15) is 10.2 Å². The van der Waals surface area contributed by atoms with Gasteiger partial charge < -0.3 is 14.7 Å². The second kappa shape index (κ2) is 9.43. The van der Waals surface area contributed by atoms with Gasteiger partial charge in [-0.1, -0.05) is 11.6 Å². The number of hydrazone groups is 1. The van der Waals surface area contributed by atoms with Crippen LogP contribution in [-0.4, -0.2) is 67.2 Å². The molecule has 1 N–H and O–H groups in total. The number of urea groups is 1. The maximum absolute atomic E-state index is 14.5. The molecule has 3 aromatic rings. The second-order valence-corrected chi connectivity index (χ2v) is 9.20. The Morgan fingerprint density at radius 2 is 1.92 bits per heavy atom. The quantitative estimate of drug-likeness (QED) is 0.530. The minimum atomic E-state index is -1.12. The highest BCUT2D eigenvalue weighted by Crippen LogP contribution is 2.33. The van der Waals surface area contributed by atoms with Crippen LogP contribution in [0.4, 0.5) is 13.6 Å². The highest BCUT2D eigenvalue weighted by atomic mass is 35.5. The third-order valence-electron chi connectivity index (χ3n) is 6.24. The minimum absolute atomic E-state index is 0.0464. The fraction of sp³-hybridized carbons (Fsp3) is 0.292. The number of aromatic carboxylic acids is 1. The number of likely N-dealkylation sites (tertiary alicyclic amines) is 1. The number of carbonyl (C=O) groups excluding carboxylic acids is 1. The Labute approximate surface area is 214 Å². The predicted molar refractivity (Wildman–Crippen MR) is 128 cm³/mol. The van der Waals surface area contributed by atoms with E-state index in [1.807, 2.05) is 0 Å². The van der Waals surface area contributed by atoms with E-state index >= 15 is 0 Å². The molecule has 2 amide bonds. The van der Waals surface area contributed by atoms with Crippen molar-refractivity contribution in [2.45, 2.75) is 32.4 Å². The third-order valence-corrected chi connectivity index (χ3v) is 6.45. The zero-order chi connectivity index (χ0) is 26.4. The summed E-state index contributed by atoms with van der Waals surface area (Å²) in [5, 5.41) is 19.2. The first-order chi connectivity index (χ1) is 17.6. The SMILES string of the molecule is Cc1nn(-c2cc(OC3CN(C(=O)N4N=CC[C@@H]4c4cc(F)cc(Cl)c4)C3)c(F)cn2)c(C)c1C(=O)O. The highest BCUT2D eigenvalue weighted by molar-refractivity contribution is 6.30. The molecule has 192 valence electrons. The van der Waals surface area contributed by atoms with Crippen molar-refractivity contribution in [3.63, 3.8) is 0 Å². The number of aromatic nitrogens is 3. The molecule has 0 spiro atoms. The average Bonchev–Trinajstić information content (AvgIpc) is 3.40. The van der Waals surface area contributed by atoms with Gasteiger partial charge in [0.15, 0.2) is 17.4 Å². The topological polar surface area (TPSA) is 113 Å². The largest absolute Gasteiger partial charge is 0.483 e. The molecule has 0 unspecified atom stereocenters. The number of amides is 2. The number of ether oxygens (including phenoxy) is 1. The van der Waals surface area contributed by atoms with Crippen LogP contribution in [0.25, 0.3) is 5.82 Å². The summed E-state index contributed by atoms with van der Waals surface area (Å²) in [4.78, 5) is 30.0. The van der Waals surface area contributed by atoms with Crippen LogP contribution in [0.1, 0.15) is 39.8 Å². The van der Waals surface area contributed by atoms with E-state index in [2.05, 4.69) is 15.2 Å². The van der Waals surface area contributed by atoms with Gasteiger partial charge in [0, 0.05) is 23.7 Å². The van der Waals surface area contributed by atoms with Gasteiger partial charge in [0.25, 0.3) is 0 Å². The summed E-state index contributed by atoms with van der Waals surface area (Å²) in [5.74, 6) is -2.24. The van der Waals surface area contributed by atoms with Gasteiger partial charge in [-0.15, -0.1) is 0 Å². The highest BCUT2D eigenvalue weighted by Gasteiger charge is 2.39. The number of carboxylic acids is 1. The molecule has 13 heteroatoms. The van der Waals surface area contributed by atoms with Gasteiger partial charge in [-0.3, -0.25) is 0 Å². The van der Waals surface area contributed by atoms with Crippen molar-refractivity contribution in [3.05, 3.63) is 69.6 Å². The molecule has 0 bridgehead atoms. The second-order valence-electron chi connectivity index (χ2n) is 8.76. The number of aryl methyl sites for hydroxylation is 1. The predicted octanol–water partition coefficient (Wildman–Crippen LogP) is 4.13. The molecule has 0 saturated carbocycles. The molecule has 4 heterocycles. The zero-order valence-corrected chi connectivity index (χ0v) is 20.5. The molecule has 1 atom stereocenters. The first-order valence-corrected chi connectivity index (χ1v) is 11.7. The Morgan fingerprint density at radius 3 is 2.59 bits per heavy atom. The molecule has 2 aliphatic rings. The summed E-state index contributed by atoms with van der Waals surface area (Å²) in [5.41, 5.74) is 1.22. The molecule has 1 aromatic carbocycles. The number of hydrogen-bond acceptors (Lipinski definition) is 6. The number of halogens is 3. The standard InChI is InChI=1S/C24H21ClF2N6O4/c1-12-22(23(34)35)13(2)32(30-12)21-8-20(18(27)9-28-21)37-17-10-31(11-17)24(36)33-19(3-4-29-33)14-5-15(25)7-16(26)6-14/h4-9,17,19H,3,10-11H2,1-2H3,(H,34,35)/t19-/m1/s1. The van der Waals surface area contributed by atoms with E-state index in [4.69, 9.17) is 16.3 Å². The molecule has 1 saturated heterocycles. The van der Waals surface area contributed by atoms with E-state index in [0.717, 1.165) is 6.20 Å². The van der Waals surface area contributed by atoms with Gasteiger partial charge in [-0.05, 0) is 37.6 Å². The van der Waals surface area contributed by atoms with Gasteiger partial charge in [0.2, 0.25) is 0 Å². The summed E-state index contributed by atoms with van der Waals surface area (Å²) in [6, 6.07) is 4.56. The van der Waals surface area contributed by atoms with E-state index in [1.165, 1.54) is 32.8 Å². The smallest absolute Gasteiger partial charge is 0.341 e. The average molecular weight is 531 g/mol. The number of nitrogens with zero attached hydrogens (tertiary/aromatic N) is 6. The van der Waals surface area contributed by atoms with Crippen molar-refractivity contribution < 1.29 is 28.2 Å². The zero-order valence-electron chi connectivity index (χ0n) is 19.7. The van der Waals surface area contributed by atoms with Gasteiger partial charge >= 0.3 is 12.0 Å². The van der Waals surface area contributed by atoms with Crippen molar-refractivity contribution in [2.24, 2.45) is 5.10 Å². The number of benzene rings is 1. The monoisotopic (exact) mass is 530 g/mol. The van der Waals surface area contributed by atoms with Gasteiger partial charge in [0.1, 0.15) is 17.5 Å². The Hall–Kier alpha value is -4.06. The summed E-state index contributed by atoms with van der Waals surface area (Å²) in [6.45, 7) is 3.51. The van der Waals surface area contributed by atoms with Crippen LogP contribution in [0.2, 0.25) is 5.02 Å². The molecule has 37 heavy (non-hydrogen) atoms. The first kappa shape index (κ1) is 24.6. The van der Waals surface area contributed by atoms with E-state index in [1.54, 1.807) is 26.1 Å². The van der Waals surface area contributed by atoms with Gasteiger partial charge in [-0.25, -0.2) is 33.0 Å². The normalized spacial score (nSPS) is 17.3. The van der Waals surface area contributed by atoms with E-state index in [-0.39, 0.29) is 35.2 Å². The van der Waals surface area contributed by atoms with Crippen molar-refractivity contribution in [2.75, 3.05) is 13.1 Å². The molecule has 0 aliphatic carbocycles. The number of pyridine rings is 1. The van der Waals surface area contributed by atoms with Crippen molar-refractivity contribution in [3.8, 4) is 11.6 Å². The van der Waals surface area contributed by atoms with Crippen LogP contribution in [0.3, 0.4) is 0 Å². The van der Waals surface area contributed by atoms with Crippen LogP contribution >= 0.6 is 11.6 Å². The summed E-state index contributed by atoms with van der Waals surface area (Å²) >= 11 is 5.97. The van der Waals surface area contributed by atoms with Crippen LogP contribution in [0, 0.1) is 25.5 Å². The van der Waals surface area contributed by atoms with Crippen LogP contribution in [0.15, 0.2) is 35.6 Å². The molecular weight excluding hydrogens is 510 g/mol. The fourth-order valence-electron chi connectivity index (χ4n) is 4.43. The number of hydrogen-bond donors (Lipinski definition) is 1. The van der Waals surface area contributed by atoms with Crippen LogP contribution in [0.5, 0.6) is 5.75 Å². The third kappa shape index (κ3) is 4.59. The Balaban J connectivity index is 1.26. The van der Waals surface area contributed by atoms with Crippen LogP contribution < -0.4 is 4.74 Å². The molecule has 1 fully saturated rings. The fourth-order valence-corrected chi connectivity index (χ4v) is 4.66. The van der Waals surface area contributed by atoms with E-state index < -0.39 is 35.8 Å². The molecule has 2 aliphatic heterocycles. The van der Waals surface area contributed by atoms with E-state index in [9.17, 15) is 23.5 Å². The van der Waals surface area contributed by atoms with E-state index in [0.29, 0.717) is 23.4 Å². The molecular formula is C24H21ClF2N6O4. The molecule has 5 rings (SSSR count). The Kier molecular flexibility index (Phi) is 6.28.